The second kappa shape index (κ2) is 7.50. The van der Waals surface area contributed by atoms with E-state index in [1.165, 1.54) is 0 Å². The van der Waals surface area contributed by atoms with Gasteiger partial charge in [0, 0.05) is 25.0 Å². The van der Waals surface area contributed by atoms with Gasteiger partial charge in [-0.2, -0.15) is 5.10 Å². The molecule has 0 bridgehead atoms. The highest BCUT2D eigenvalue weighted by atomic mass is 16.2. The van der Waals surface area contributed by atoms with E-state index in [4.69, 9.17) is 0 Å². The molecule has 4 aromatic rings. The minimum atomic E-state index is -0.330. The van der Waals surface area contributed by atoms with Crippen LogP contribution in [0.1, 0.15) is 42.9 Å². The largest absolute Gasteiger partial charge is 0.344 e. The number of benzene rings is 1. The summed E-state index contributed by atoms with van der Waals surface area (Å²) in [5, 5.41) is 7.37. The summed E-state index contributed by atoms with van der Waals surface area (Å²) in [6, 6.07) is 12.7. The van der Waals surface area contributed by atoms with Crippen molar-refractivity contribution in [3.05, 3.63) is 76.5 Å². The van der Waals surface area contributed by atoms with Crippen LogP contribution in [-0.4, -0.2) is 25.1 Å². The monoisotopic (exact) mass is 389 g/mol. The van der Waals surface area contributed by atoms with Crippen LogP contribution in [0.2, 0.25) is 0 Å². The zero-order chi connectivity index (χ0) is 20.5. The van der Waals surface area contributed by atoms with Crippen molar-refractivity contribution in [2.75, 3.05) is 0 Å². The summed E-state index contributed by atoms with van der Waals surface area (Å²) in [6.45, 7) is 6.62. The maximum absolute atomic E-state index is 13.1. The van der Waals surface area contributed by atoms with E-state index >= 15 is 0 Å². The van der Waals surface area contributed by atoms with Gasteiger partial charge in [0.1, 0.15) is 5.52 Å². The molecule has 0 saturated carbocycles. The van der Waals surface area contributed by atoms with E-state index in [0.717, 1.165) is 16.6 Å². The van der Waals surface area contributed by atoms with Crippen molar-refractivity contribution < 1.29 is 4.79 Å². The van der Waals surface area contributed by atoms with Gasteiger partial charge < -0.3 is 9.88 Å². The summed E-state index contributed by atoms with van der Waals surface area (Å²) in [5.41, 5.74) is 2.95. The Morgan fingerprint density at radius 1 is 1.07 bits per heavy atom. The Morgan fingerprint density at radius 2 is 1.83 bits per heavy atom. The van der Waals surface area contributed by atoms with E-state index in [0.29, 0.717) is 18.0 Å². The summed E-state index contributed by atoms with van der Waals surface area (Å²) in [7, 11) is 0. The molecule has 0 spiro atoms. The van der Waals surface area contributed by atoms with E-state index in [1.54, 1.807) is 27.5 Å². The maximum Gasteiger partial charge on any atom is 0.277 e. The molecule has 0 saturated heterocycles. The van der Waals surface area contributed by atoms with E-state index in [1.807, 2.05) is 43.3 Å². The van der Waals surface area contributed by atoms with Crippen LogP contribution in [0.25, 0.3) is 16.6 Å². The molecule has 7 heteroatoms. The lowest BCUT2D eigenvalue weighted by molar-refractivity contribution is 0.0934. The molecule has 0 aliphatic rings. The molecular formula is C22H23N5O2. The van der Waals surface area contributed by atoms with E-state index < -0.39 is 0 Å². The number of amides is 1. The zero-order valence-corrected chi connectivity index (χ0v) is 16.7. The van der Waals surface area contributed by atoms with Gasteiger partial charge in [0.15, 0.2) is 5.69 Å². The second-order valence-electron chi connectivity index (χ2n) is 7.61. The van der Waals surface area contributed by atoms with Gasteiger partial charge >= 0.3 is 0 Å². The zero-order valence-electron chi connectivity index (χ0n) is 16.7. The molecule has 29 heavy (non-hydrogen) atoms. The highest BCUT2D eigenvalue weighted by Crippen LogP contribution is 2.17. The van der Waals surface area contributed by atoms with Crippen LogP contribution in [0.4, 0.5) is 0 Å². The number of fused-ring (bicyclic) bond motifs is 3. The topological polar surface area (TPSA) is 81.3 Å². The normalized spacial score (nSPS) is 12.6. The fourth-order valence-corrected chi connectivity index (χ4v) is 3.48. The fraction of sp³-hybridized carbons (Fsp3) is 0.273. The molecule has 1 amide bonds. The highest BCUT2D eigenvalue weighted by Gasteiger charge is 2.19. The average molecular weight is 389 g/mol. The number of aromatic nitrogens is 4. The van der Waals surface area contributed by atoms with Crippen LogP contribution in [0, 0.1) is 5.92 Å². The standard InChI is InChI=1S/C22H23N5O2/c1-14(2)13-26-18-8-4-5-9-19(18)27-20(22(26)29)11-17(25-27)21(28)24-15(3)16-7-6-10-23-12-16/h4-12,14-15H,13H2,1-3H3,(H,24,28)/t15-/m0/s1. The minimum Gasteiger partial charge on any atom is -0.344 e. The third kappa shape index (κ3) is 3.51. The SMILES string of the molecule is CC(C)Cn1c(=O)c2cc(C(=O)N[C@@H](C)c3cccnc3)nn2c2ccccc21. The third-order valence-corrected chi connectivity index (χ3v) is 4.89. The smallest absolute Gasteiger partial charge is 0.277 e. The average Bonchev–Trinajstić information content (AvgIpc) is 3.17. The Balaban J connectivity index is 1.78. The van der Waals surface area contributed by atoms with Gasteiger partial charge in [0.25, 0.3) is 11.5 Å². The van der Waals surface area contributed by atoms with Crippen molar-refractivity contribution in [3.63, 3.8) is 0 Å². The number of para-hydroxylation sites is 2. The number of pyridine rings is 1. The first-order valence-corrected chi connectivity index (χ1v) is 9.68. The molecule has 0 fully saturated rings. The lowest BCUT2D eigenvalue weighted by atomic mass is 10.1. The third-order valence-electron chi connectivity index (χ3n) is 4.89. The summed E-state index contributed by atoms with van der Waals surface area (Å²) < 4.78 is 3.33. The molecule has 0 aliphatic heterocycles. The number of hydrogen-bond donors (Lipinski definition) is 1. The molecule has 1 N–H and O–H groups in total. The number of nitrogens with one attached hydrogen (secondary N) is 1. The van der Waals surface area contributed by atoms with Gasteiger partial charge in [-0.05, 0) is 36.6 Å². The van der Waals surface area contributed by atoms with Crippen LogP contribution >= 0.6 is 0 Å². The number of carbonyl (C=O) groups excluding carboxylic acids is 1. The Bertz CT molecular complexity index is 1240. The molecule has 3 aromatic heterocycles. The van der Waals surface area contributed by atoms with Crippen molar-refractivity contribution in [3.8, 4) is 0 Å². The predicted octanol–water partition coefficient (Wildman–Crippen LogP) is 3.19. The van der Waals surface area contributed by atoms with Gasteiger partial charge in [-0.15, -0.1) is 0 Å². The van der Waals surface area contributed by atoms with Crippen molar-refractivity contribution in [2.45, 2.75) is 33.4 Å². The van der Waals surface area contributed by atoms with Crippen LogP contribution in [-0.2, 0) is 6.54 Å². The summed E-state index contributed by atoms with van der Waals surface area (Å²) >= 11 is 0. The Labute approximate surface area is 168 Å². The summed E-state index contributed by atoms with van der Waals surface area (Å²) in [6.07, 6.45) is 3.40. The number of nitrogens with zero attached hydrogens (tertiary/aromatic N) is 4. The first-order chi connectivity index (χ1) is 14.0. The summed E-state index contributed by atoms with van der Waals surface area (Å²) in [5.74, 6) is -0.0199. The van der Waals surface area contributed by atoms with Gasteiger partial charge in [0.2, 0.25) is 0 Å². The first kappa shape index (κ1) is 18.9. The lowest BCUT2D eigenvalue weighted by Gasteiger charge is -2.13. The molecule has 148 valence electrons. The van der Waals surface area contributed by atoms with Crippen LogP contribution in [0.5, 0.6) is 0 Å². The van der Waals surface area contributed by atoms with E-state index in [-0.39, 0.29) is 23.2 Å². The minimum absolute atomic E-state index is 0.149. The summed E-state index contributed by atoms with van der Waals surface area (Å²) in [4.78, 5) is 30.0. The van der Waals surface area contributed by atoms with E-state index in [9.17, 15) is 9.59 Å². The molecule has 1 aromatic carbocycles. The molecule has 7 nitrogen and oxygen atoms in total. The van der Waals surface area contributed by atoms with Gasteiger partial charge in [-0.1, -0.05) is 32.0 Å². The van der Waals surface area contributed by atoms with Crippen molar-refractivity contribution in [1.29, 1.82) is 0 Å². The maximum atomic E-state index is 13.1. The first-order valence-electron chi connectivity index (χ1n) is 9.68. The Kier molecular flexibility index (Phi) is 4.88. The van der Waals surface area contributed by atoms with Crippen molar-refractivity contribution >= 4 is 22.5 Å². The van der Waals surface area contributed by atoms with Crippen LogP contribution < -0.4 is 10.9 Å². The second-order valence-corrected chi connectivity index (χ2v) is 7.61. The van der Waals surface area contributed by atoms with Gasteiger partial charge in [-0.3, -0.25) is 14.6 Å². The quantitative estimate of drug-likeness (QED) is 0.568. The predicted molar refractivity (Wildman–Crippen MR) is 112 cm³/mol. The van der Waals surface area contributed by atoms with Crippen molar-refractivity contribution in [1.82, 2.24) is 24.5 Å². The Hall–Kier alpha value is -3.48. The molecule has 0 unspecified atom stereocenters. The molecule has 1 atom stereocenters. The fourth-order valence-electron chi connectivity index (χ4n) is 3.48. The highest BCUT2D eigenvalue weighted by molar-refractivity contribution is 5.94. The van der Waals surface area contributed by atoms with Crippen LogP contribution in [0.15, 0.2) is 59.7 Å². The molecule has 0 aliphatic carbocycles. The molecule has 0 radical (unpaired) electrons. The number of rotatable bonds is 5. The number of carbonyl (C=O) groups is 1. The molecular weight excluding hydrogens is 366 g/mol. The van der Waals surface area contributed by atoms with Crippen LogP contribution in [0.3, 0.4) is 0 Å². The molecule has 3 heterocycles. The van der Waals surface area contributed by atoms with Crippen molar-refractivity contribution in [2.24, 2.45) is 5.92 Å². The molecule has 4 rings (SSSR count). The lowest BCUT2D eigenvalue weighted by Crippen LogP contribution is -2.27. The van der Waals surface area contributed by atoms with Gasteiger partial charge in [-0.25, -0.2) is 4.52 Å². The Morgan fingerprint density at radius 3 is 2.52 bits per heavy atom. The van der Waals surface area contributed by atoms with Gasteiger partial charge in [0.05, 0.1) is 17.1 Å². The van der Waals surface area contributed by atoms with E-state index in [2.05, 4.69) is 29.2 Å². The number of hydrogen-bond acceptors (Lipinski definition) is 4.